The van der Waals surface area contributed by atoms with Crippen LogP contribution < -0.4 is 4.35 Å². The number of hydrogen-bond donors (Lipinski definition) is 2. The van der Waals surface area contributed by atoms with E-state index in [9.17, 15) is 0 Å². The first-order chi connectivity index (χ1) is 4.74. The average molecular weight is 200 g/mol. The molecule has 10 heavy (non-hydrogen) atoms. The maximum atomic E-state index is 8.96. The van der Waals surface area contributed by atoms with Crippen LogP contribution in [0.25, 0.3) is 0 Å². The molecule has 0 radical (unpaired) electrons. The van der Waals surface area contributed by atoms with Gasteiger partial charge in [-0.25, -0.2) is 0 Å². The van der Waals surface area contributed by atoms with Crippen molar-refractivity contribution in [2.24, 2.45) is 0 Å². The summed E-state index contributed by atoms with van der Waals surface area (Å²) >= 11 is 1.45. The number of benzene rings is 1. The van der Waals surface area contributed by atoms with E-state index in [1.807, 2.05) is 0 Å². The topological polar surface area (TPSA) is 40.5 Å². The molecular weight excluding hydrogens is 191 g/mol. The zero-order valence-corrected chi connectivity index (χ0v) is 7.83. The van der Waals surface area contributed by atoms with Crippen LogP contribution in [-0.4, -0.2) is 27.1 Å². The summed E-state index contributed by atoms with van der Waals surface area (Å²) in [6, 6.07) is 5.01. The Kier molecular flexibility index (Phi) is 2.36. The summed E-state index contributed by atoms with van der Waals surface area (Å²) in [4.78, 5) is 0. The van der Waals surface area contributed by atoms with Crippen molar-refractivity contribution in [3.05, 3.63) is 23.8 Å². The molecule has 0 saturated heterocycles. The van der Waals surface area contributed by atoms with E-state index in [2.05, 4.69) is 0 Å². The molecule has 1 rings (SSSR count). The first-order valence-electron chi connectivity index (χ1n) is 2.92. The average Bonchev–Trinajstić information content (AvgIpc) is 1.94. The van der Waals surface area contributed by atoms with Gasteiger partial charge in [0.1, 0.15) is 0 Å². The summed E-state index contributed by atoms with van der Waals surface area (Å²) in [6.07, 6.45) is 0. The molecule has 1 aromatic rings. The second-order valence-corrected chi connectivity index (χ2v) is 3.35. The number of aliphatic hydroxyl groups is 1. The normalized spacial score (nSPS) is 9.80. The van der Waals surface area contributed by atoms with E-state index in [0.29, 0.717) is 0 Å². The van der Waals surface area contributed by atoms with Crippen LogP contribution in [0.4, 0.5) is 0 Å². The van der Waals surface area contributed by atoms with Crippen LogP contribution in [0.5, 0.6) is 5.75 Å². The van der Waals surface area contributed by atoms with E-state index in [1.54, 1.807) is 18.2 Å². The molecule has 1 aromatic carbocycles. The van der Waals surface area contributed by atoms with Crippen molar-refractivity contribution in [1.82, 2.24) is 0 Å². The Morgan fingerprint density at radius 2 is 2.10 bits per heavy atom. The first-order valence-corrected chi connectivity index (χ1v) is 4.13. The van der Waals surface area contributed by atoms with Gasteiger partial charge < -0.3 is 0 Å². The van der Waals surface area contributed by atoms with Gasteiger partial charge in [-0.1, -0.05) is 0 Å². The van der Waals surface area contributed by atoms with Crippen LogP contribution in [-0.2, 0) is 6.61 Å². The fourth-order valence-corrected chi connectivity index (χ4v) is 1.30. The molecule has 0 aliphatic heterocycles. The third-order valence-corrected chi connectivity index (χ3v) is 2.48. The molecule has 2 N–H and O–H groups in total. The minimum absolute atomic E-state index is 0.00197. The van der Waals surface area contributed by atoms with Gasteiger partial charge in [-0.3, -0.25) is 0 Å². The Morgan fingerprint density at radius 1 is 1.40 bits per heavy atom. The second-order valence-electron chi connectivity index (χ2n) is 2.04. The predicted octanol–water partition coefficient (Wildman–Crippen LogP) is -0.857. The fourth-order valence-electron chi connectivity index (χ4n) is 0.729. The van der Waals surface area contributed by atoms with Crippen molar-refractivity contribution < 1.29 is 10.2 Å². The molecule has 0 fully saturated rings. The summed E-state index contributed by atoms with van der Waals surface area (Å²) in [5, 5.41) is 17.7. The Hall–Kier alpha value is -0.462. The predicted molar refractivity (Wildman–Crippen MR) is 42.2 cm³/mol. The monoisotopic (exact) mass is 200 g/mol. The van der Waals surface area contributed by atoms with Crippen molar-refractivity contribution in [3.63, 3.8) is 0 Å². The van der Waals surface area contributed by atoms with Gasteiger partial charge in [-0.15, -0.1) is 0 Å². The SMILES string of the molecule is OCc1cc(O)ccc1[AsH2]. The summed E-state index contributed by atoms with van der Waals surface area (Å²) in [7, 11) is 0. The van der Waals surface area contributed by atoms with Gasteiger partial charge in [0.2, 0.25) is 0 Å². The van der Waals surface area contributed by atoms with Crippen LogP contribution >= 0.6 is 0 Å². The van der Waals surface area contributed by atoms with Crippen molar-refractivity contribution in [3.8, 4) is 5.75 Å². The zero-order chi connectivity index (χ0) is 7.56. The molecule has 0 aromatic heterocycles. The van der Waals surface area contributed by atoms with Gasteiger partial charge in [-0.2, -0.15) is 0 Å². The van der Waals surface area contributed by atoms with Crippen molar-refractivity contribution in [2.75, 3.05) is 0 Å². The Balaban J connectivity index is 3.09. The molecule has 2 nitrogen and oxygen atoms in total. The molecule has 0 bridgehead atoms. The van der Waals surface area contributed by atoms with Crippen LogP contribution in [0.15, 0.2) is 18.2 Å². The molecule has 0 saturated carbocycles. The van der Waals surface area contributed by atoms with E-state index < -0.39 is 0 Å². The molecule has 0 heterocycles. The van der Waals surface area contributed by atoms with E-state index >= 15 is 0 Å². The van der Waals surface area contributed by atoms with Crippen molar-refractivity contribution in [1.29, 1.82) is 0 Å². The Morgan fingerprint density at radius 3 is 2.60 bits per heavy atom. The van der Waals surface area contributed by atoms with Crippen molar-refractivity contribution >= 4 is 21.2 Å². The Bertz CT molecular complexity index is 235. The molecule has 3 heteroatoms. The van der Waals surface area contributed by atoms with Crippen LogP contribution in [0.1, 0.15) is 5.56 Å². The van der Waals surface area contributed by atoms with Gasteiger partial charge in [0.05, 0.1) is 0 Å². The summed E-state index contributed by atoms with van der Waals surface area (Å²) in [5.41, 5.74) is 0.806. The molecule has 0 spiro atoms. The summed E-state index contributed by atoms with van der Waals surface area (Å²) < 4.78 is 1.06. The van der Waals surface area contributed by atoms with Gasteiger partial charge in [0, 0.05) is 0 Å². The summed E-state index contributed by atoms with van der Waals surface area (Å²) in [5.74, 6) is 0.213. The quantitative estimate of drug-likeness (QED) is 0.579. The molecule has 1 atom stereocenters. The summed E-state index contributed by atoms with van der Waals surface area (Å²) in [6.45, 7) is 0.00197. The van der Waals surface area contributed by atoms with E-state index in [1.165, 1.54) is 16.9 Å². The zero-order valence-electron chi connectivity index (χ0n) is 5.41. The van der Waals surface area contributed by atoms with Crippen LogP contribution in [0.3, 0.4) is 0 Å². The minimum atomic E-state index is 0.00197. The van der Waals surface area contributed by atoms with Crippen molar-refractivity contribution in [2.45, 2.75) is 6.61 Å². The maximum absolute atomic E-state index is 8.96. The van der Waals surface area contributed by atoms with Gasteiger partial charge in [0.25, 0.3) is 0 Å². The van der Waals surface area contributed by atoms with Crippen LogP contribution in [0.2, 0.25) is 0 Å². The third-order valence-electron chi connectivity index (χ3n) is 1.30. The van der Waals surface area contributed by atoms with E-state index in [4.69, 9.17) is 10.2 Å². The third kappa shape index (κ3) is 1.52. The number of rotatable bonds is 1. The van der Waals surface area contributed by atoms with Gasteiger partial charge >= 0.3 is 67.5 Å². The number of phenols is 1. The first kappa shape index (κ1) is 7.64. The Labute approximate surface area is 68.0 Å². The molecule has 1 unspecified atom stereocenters. The molecule has 0 amide bonds. The standard InChI is InChI=1S/C7H9AsO2/c8-7-2-1-6(10)3-5(7)4-9/h1-3,9-10H,4,8H2. The molecule has 54 valence electrons. The second kappa shape index (κ2) is 3.09. The van der Waals surface area contributed by atoms with Gasteiger partial charge in [0.15, 0.2) is 0 Å². The molecular formula is C7H9AsO2. The fraction of sp³-hybridized carbons (Fsp3) is 0.143. The van der Waals surface area contributed by atoms with E-state index in [-0.39, 0.29) is 12.4 Å². The molecule has 0 aliphatic rings. The number of aliphatic hydroxyl groups excluding tert-OH is 1. The van der Waals surface area contributed by atoms with Crippen LogP contribution in [0, 0.1) is 0 Å². The van der Waals surface area contributed by atoms with E-state index in [0.717, 1.165) is 9.91 Å². The number of aromatic hydroxyl groups is 1. The molecule has 0 aliphatic carbocycles. The number of hydrogen-bond acceptors (Lipinski definition) is 2. The van der Waals surface area contributed by atoms with Gasteiger partial charge in [-0.05, 0) is 0 Å². The number of phenolic OH excluding ortho intramolecular Hbond substituents is 1.